The molecule has 0 saturated heterocycles. The lowest BCUT2D eigenvalue weighted by atomic mass is 10.2. The van der Waals surface area contributed by atoms with Gasteiger partial charge < -0.3 is 5.41 Å². The minimum absolute atomic E-state index is 0.425. The summed E-state index contributed by atoms with van der Waals surface area (Å²) < 4.78 is 22.9. The number of rotatable bonds is 3. The third-order valence-corrected chi connectivity index (χ3v) is 2.75. The van der Waals surface area contributed by atoms with E-state index in [1.165, 1.54) is 12.4 Å². The Morgan fingerprint density at radius 3 is 2.69 bits per heavy atom. The van der Waals surface area contributed by atoms with Crippen LogP contribution < -0.4 is 5.14 Å². The van der Waals surface area contributed by atoms with E-state index in [1.54, 1.807) is 13.0 Å². The predicted octanol–water partition coefficient (Wildman–Crippen LogP) is 0.0402. The van der Waals surface area contributed by atoms with Gasteiger partial charge in [0.25, 0.3) is 0 Å². The second kappa shape index (κ2) is 3.31. The molecule has 6 heteroatoms. The van der Waals surface area contributed by atoms with Crippen LogP contribution in [0.1, 0.15) is 11.3 Å². The summed E-state index contributed by atoms with van der Waals surface area (Å²) in [5.74, 6) is 0. The third kappa shape index (κ3) is 1.96. The minimum Gasteiger partial charge on any atom is -0.313 e. The molecule has 0 radical (unpaired) electrons. The van der Waals surface area contributed by atoms with Gasteiger partial charge in [0.2, 0.25) is 0 Å². The molecule has 1 aromatic rings. The van der Waals surface area contributed by atoms with Crippen molar-refractivity contribution in [3.8, 4) is 0 Å². The Bertz CT molecular complexity index is 419. The molecule has 0 spiro atoms. The van der Waals surface area contributed by atoms with Gasteiger partial charge in [0.05, 0.1) is 0 Å². The molecule has 0 saturated carbocycles. The van der Waals surface area contributed by atoms with Crippen LogP contribution in [0, 0.1) is 12.3 Å². The fraction of sp³-hybridized carbons (Fsp3) is 0.286. The van der Waals surface area contributed by atoms with Crippen molar-refractivity contribution in [1.82, 2.24) is 3.97 Å². The van der Waals surface area contributed by atoms with E-state index in [0.717, 1.165) is 9.54 Å². The van der Waals surface area contributed by atoms with Crippen LogP contribution in [0.2, 0.25) is 0 Å². The van der Waals surface area contributed by atoms with Gasteiger partial charge in [0, 0.05) is 18.3 Å². The van der Waals surface area contributed by atoms with Crippen molar-refractivity contribution >= 4 is 16.4 Å². The first-order valence-corrected chi connectivity index (χ1v) is 5.16. The summed E-state index contributed by atoms with van der Waals surface area (Å²) in [5, 5.41) is 11.8. The van der Waals surface area contributed by atoms with Gasteiger partial charge in [-0.15, -0.1) is 0 Å². The van der Waals surface area contributed by atoms with Gasteiger partial charge in [-0.05, 0) is 24.8 Å². The molecule has 72 valence electrons. The number of nitrogens with zero attached hydrogens (tertiary/aromatic N) is 1. The first kappa shape index (κ1) is 9.94. The van der Waals surface area contributed by atoms with Gasteiger partial charge in [-0.1, -0.05) is 0 Å². The zero-order valence-corrected chi connectivity index (χ0v) is 8.00. The first-order valence-electron chi connectivity index (χ1n) is 3.66. The normalized spacial score (nSPS) is 11.5. The fourth-order valence-electron chi connectivity index (χ4n) is 1.13. The van der Waals surface area contributed by atoms with E-state index in [2.05, 4.69) is 0 Å². The molecule has 1 rings (SSSR count). The van der Waals surface area contributed by atoms with Crippen molar-refractivity contribution in [3.05, 3.63) is 23.5 Å². The molecular formula is C7H11N3O2S. The van der Waals surface area contributed by atoms with Crippen molar-refractivity contribution < 1.29 is 8.42 Å². The average Bonchev–Trinajstić information content (AvgIpc) is 2.32. The van der Waals surface area contributed by atoms with Crippen molar-refractivity contribution in [2.45, 2.75) is 13.3 Å². The maximum Gasteiger partial charge on any atom is 0.302 e. The molecule has 0 fully saturated rings. The summed E-state index contributed by atoms with van der Waals surface area (Å²) >= 11 is 0. The molecule has 0 unspecified atom stereocenters. The molecule has 0 aliphatic heterocycles. The summed E-state index contributed by atoms with van der Waals surface area (Å²) in [6.07, 6.45) is 3.04. The van der Waals surface area contributed by atoms with E-state index in [0.29, 0.717) is 12.1 Å². The SMILES string of the molecule is Cc1c(CC=N)ccn1S(N)(=O)=O. The average molecular weight is 201 g/mol. The number of nitrogens with one attached hydrogen (secondary N) is 1. The zero-order valence-electron chi connectivity index (χ0n) is 7.19. The van der Waals surface area contributed by atoms with Gasteiger partial charge in [0.1, 0.15) is 0 Å². The van der Waals surface area contributed by atoms with Crippen LogP contribution in [0.25, 0.3) is 0 Å². The Morgan fingerprint density at radius 2 is 2.31 bits per heavy atom. The van der Waals surface area contributed by atoms with Crippen LogP contribution in [0.4, 0.5) is 0 Å². The van der Waals surface area contributed by atoms with Crippen LogP contribution >= 0.6 is 0 Å². The van der Waals surface area contributed by atoms with Gasteiger partial charge in [0.15, 0.2) is 0 Å². The van der Waals surface area contributed by atoms with E-state index < -0.39 is 10.2 Å². The van der Waals surface area contributed by atoms with Gasteiger partial charge in [-0.3, -0.25) is 0 Å². The lowest BCUT2D eigenvalue weighted by Crippen LogP contribution is -2.22. The quantitative estimate of drug-likeness (QED) is 0.676. The second-order valence-corrected chi connectivity index (χ2v) is 4.10. The molecule has 5 nitrogen and oxygen atoms in total. The molecule has 13 heavy (non-hydrogen) atoms. The lowest BCUT2D eigenvalue weighted by molar-refractivity contribution is 0.588. The van der Waals surface area contributed by atoms with Crippen LogP contribution in [0.5, 0.6) is 0 Å². The summed E-state index contributed by atoms with van der Waals surface area (Å²) in [6.45, 7) is 1.66. The fourth-order valence-corrected chi connectivity index (χ4v) is 1.86. The Hall–Kier alpha value is -1.14. The highest BCUT2D eigenvalue weighted by Crippen LogP contribution is 2.10. The highest BCUT2D eigenvalue weighted by Gasteiger charge is 2.11. The Morgan fingerprint density at radius 1 is 1.69 bits per heavy atom. The van der Waals surface area contributed by atoms with E-state index >= 15 is 0 Å². The summed E-state index contributed by atoms with van der Waals surface area (Å²) in [4.78, 5) is 0. The van der Waals surface area contributed by atoms with E-state index in [1.807, 2.05) is 0 Å². The highest BCUT2D eigenvalue weighted by atomic mass is 32.2. The van der Waals surface area contributed by atoms with Crippen molar-refractivity contribution in [1.29, 1.82) is 5.41 Å². The topological polar surface area (TPSA) is 88.9 Å². The summed E-state index contributed by atoms with van der Waals surface area (Å²) in [7, 11) is -3.69. The van der Waals surface area contributed by atoms with Gasteiger partial charge >= 0.3 is 10.2 Å². The summed E-state index contributed by atoms with van der Waals surface area (Å²) in [5.41, 5.74) is 1.36. The zero-order chi connectivity index (χ0) is 10.1. The molecule has 1 aromatic heterocycles. The van der Waals surface area contributed by atoms with Crippen LogP contribution in [-0.2, 0) is 16.6 Å². The molecule has 1 heterocycles. The number of aromatic nitrogens is 1. The second-order valence-electron chi connectivity index (χ2n) is 2.68. The van der Waals surface area contributed by atoms with Crippen molar-refractivity contribution in [3.63, 3.8) is 0 Å². The molecule has 0 atom stereocenters. The molecule has 0 aromatic carbocycles. The molecule has 0 aliphatic rings. The minimum atomic E-state index is -3.69. The Labute approximate surface area is 76.9 Å². The van der Waals surface area contributed by atoms with E-state index in [9.17, 15) is 8.42 Å². The van der Waals surface area contributed by atoms with Gasteiger partial charge in [-0.2, -0.15) is 8.42 Å². The molecule has 0 aliphatic carbocycles. The third-order valence-electron chi connectivity index (χ3n) is 1.80. The van der Waals surface area contributed by atoms with Crippen LogP contribution in [0.3, 0.4) is 0 Å². The van der Waals surface area contributed by atoms with Crippen LogP contribution in [-0.4, -0.2) is 18.6 Å². The lowest BCUT2D eigenvalue weighted by Gasteiger charge is -2.02. The standard InChI is InChI=1S/C7H11N3O2S/c1-6-7(2-4-8)3-5-10(6)13(9,11)12/h3-5,8H,2H2,1H3,(H2,9,11,12). The van der Waals surface area contributed by atoms with Crippen molar-refractivity contribution in [2.24, 2.45) is 5.14 Å². The van der Waals surface area contributed by atoms with Gasteiger partial charge in [-0.25, -0.2) is 9.11 Å². The summed E-state index contributed by atoms with van der Waals surface area (Å²) in [6, 6.07) is 1.64. The largest absolute Gasteiger partial charge is 0.313 e. The highest BCUT2D eigenvalue weighted by molar-refractivity contribution is 7.87. The number of hydrogen-bond donors (Lipinski definition) is 2. The van der Waals surface area contributed by atoms with Crippen molar-refractivity contribution in [2.75, 3.05) is 0 Å². The first-order chi connectivity index (χ1) is 5.96. The van der Waals surface area contributed by atoms with Crippen LogP contribution in [0.15, 0.2) is 12.3 Å². The smallest absolute Gasteiger partial charge is 0.302 e. The maximum atomic E-state index is 11.0. The van der Waals surface area contributed by atoms with E-state index in [-0.39, 0.29) is 0 Å². The Balaban J connectivity index is 3.21. The maximum absolute atomic E-state index is 11.0. The Kier molecular flexibility index (Phi) is 2.53. The number of hydrogen-bond acceptors (Lipinski definition) is 3. The molecule has 3 N–H and O–H groups in total. The number of nitrogens with two attached hydrogens (primary N) is 1. The van der Waals surface area contributed by atoms with E-state index in [4.69, 9.17) is 10.5 Å². The molecular weight excluding hydrogens is 190 g/mol. The molecule has 0 bridgehead atoms. The predicted molar refractivity (Wildman–Crippen MR) is 50.2 cm³/mol. The molecule has 0 amide bonds. The monoisotopic (exact) mass is 201 g/mol.